The Morgan fingerprint density at radius 1 is 0.209 bits per heavy atom. The second-order valence-corrected chi connectivity index (χ2v) is 43.7. The van der Waals surface area contributed by atoms with Crippen LogP contribution in [0.3, 0.4) is 0 Å². The summed E-state index contributed by atoms with van der Waals surface area (Å²) in [6.45, 7) is 35.2. The highest BCUT2D eigenvalue weighted by molar-refractivity contribution is 5.71. The van der Waals surface area contributed by atoms with Crippen LogP contribution in [-0.2, 0) is 0 Å². The molecule has 148 heavy (non-hydrogen) atoms. The third kappa shape index (κ3) is 38.2. The minimum atomic E-state index is 0.0234. The lowest BCUT2D eigenvalue weighted by molar-refractivity contribution is 0.228. The van der Waals surface area contributed by atoms with E-state index in [1.54, 1.807) is 0 Å². The zero-order valence-corrected chi connectivity index (χ0v) is 91.2. The van der Waals surface area contributed by atoms with Crippen molar-refractivity contribution in [3.05, 3.63) is 431 Å². The van der Waals surface area contributed by atoms with Crippen molar-refractivity contribution in [3.8, 4) is 70.3 Å². The van der Waals surface area contributed by atoms with E-state index < -0.39 is 0 Å². The molecule has 8 heteroatoms. The highest BCUT2D eigenvalue weighted by Crippen LogP contribution is 2.67. The molecule has 0 spiro atoms. The standard InChI is InChI=1S/C70H82N2O2.2C35H41NO/c1-49(2)21-13-9-19-27-59(45-61(47-71)51(5)6)53-29-37-63(38-30-53)73-65-41-33-57(34-42-65)69-67(55-23-15-11-16-24-55)70(68(69)56-25-17-12-18-26-56)58-35-43-66(44-36-58)74-64-39-31-54(32-40-64)60(46-62(48-72)52(7)8)28-20-10-14-22-50(3)4;2*1-27(2)11-7-5-10-14-32(25-33(26-36)28(3)4)31-19-23-35(24-20-31)37-34-21-17-30(18-22-34)16-15-29-12-8-6-9-13-29/h9-18,23-26,29-44,49-52,59-62,67-70H,19-22,27-28,45-46H2,1-8H3;2*5-9,12-13,15-24,27-28,32-33H,10-11,14,25H2,1-4H3/b13-9+,14-10+;2*7-5+,16-15+. The first-order valence-corrected chi connectivity index (χ1v) is 55.1. The second kappa shape index (κ2) is 61.8. The molecule has 12 aromatic carbocycles. The number of ether oxygens (including phenoxy) is 4. The fourth-order valence-corrected chi connectivity index (χ4v) is 19.8. The Labute approximate surface area is 891 Å². The molecule has 1 fully saturated rings. The van der Waals surface area contributed by atoms with E-state index in [9.17, 15) is 21.0 Å². The van der Waals surface area contributed by atoms with Gasteiger partial charge < -0.3 is 18.9 Å². The van der Waals surface area contributed by atoms with Crippen LogP contribution in [0.2, 0.25) is 0 Å². The molecule has 12 aromatic rings. The van der Waals surface area contributed by atoms with Crippen molar-refractivity contribution in [3.63, 3.8) is 0 Å². The molecule has 8 unspecified atom stereocenters. The van der Waals surface area contributed by atoms with Crippen molar-refractivity contribution in [1.29, 1.82) is 21.0 Å². The van der Waals surface area contributed by atoms with E-state index in [1.807, 2.05) is 60.7 Å². The maximum Gasteiger partial charge on any atom is 0.127 e. The number of nitrogens with zero attached hydrogens (tertiary/aromatic N) is 4. The van der Waals surface area contributed by atoms with E-state index in [1.165, 1.54) is 55.6 Å². The van der Waals surface area contributed by atoms with Gasteiger partial charge in [-0.3, -0.25) is 0 Å². The van der Waals surface area contributed by atoms with Crippen LogP contribution in [0, 0.1) is 116 Å². The lowest BCUT2D eigenvalue weighted by Gasteiger charge is -2.54. The van der Waals surface area contributed by atoms with Gasteiger partial charge in [0.15, 0.2) is 0 Å². The van der Waals surface area contributed by atoms with Crippen LogP contribution < -0.4 is 18.9 Å². The molecule has 0 aliphatic heterocycles. The van der Waals surface area contributed by atoms with Crippen molar-refractivity contribution in [1.82, 2.24) is 0 Å². The summed E-state index contributed by atoms with van der Waals surface area (Å²) in [6, 6.07) is 121. The molecule has 0 radical (unpaired) electrons. The van der Waals surface area contributed by atoms with E-state index in [0.717, 1.165) is 160 Å². The molecule has 0 N–H and O–H groups in total. The molecule has 8 nitrogen and oxygen atoms in total. The molecule has 13 rings (SSSR count). The minimum absolute atomic E-state index is 0.0234. The van der Waals surface area contributed by atoms with Crippen LogP contribution >= 0.6 is 0 Å². The van der Waals surface area contributed by atoms with E-state index in [4.69, 9.17) is 18.9 Å². The minimum Gasteiger partial charge on any atom is -0.457 e. The van der Waals surface area contributed by atoms with Crippen LogP contribution in [0.15, 0.2) is 364 Å². The summed E-state index contributed by atoms with van der Waals surface area (Å²) < 4.78 is 25.3. The monoisotopic (exact) mass is 1970 g/mol. The normalized spacial score (nSPS) is 15.8. The van der Waals surface area contributed by atoms with Crippen molar-refractivity contribution in [2.24, 2.45) is 71.0 Å². The predicted molar refractivity (Wildman–Crippen MR) is 623 cm³/mol. The van der Waals surface area contributed by atoms with Gasteiger partial charge >= 0.3 is 0 Å². The maximum atomic E-state index is 9.99. The Morgan fingerprint density at radius 3 is 0.574 bits per heavy atom. The number of benzene rings is 12. The van der Waals surface area contributed by atoms with Gasteiger partial charge in [-0.05, 0) is 361 Å². The quantitative estimate of drug-likeness (QED) is 0.0272. The van der Waals surface area contributed by atoms with Crippen molar-refractivity contribution in [2.75, 3.05) is 0 Å². The van der Waals surface area contributed by atoms with Gasteiger partial charge in [-0.15, -0.1) is 0 Å². The first-order valence-electron chi connectivity index (χ1n) is 55.1. The Hall–Kier alpha value is -13.8. The third-order valence-electron chi connectivity index (χ3n) is 29.0. The summed E-state index contributed by atoms with van der Waals surface area (Å²) in [5.41, 5.74) is 15.0. The SMILES string of the molecule is CC(C)C/C=C/CCC(CC(C#N)C(C)C)c1ccc(Oc2ccc(/C=C/c3ccccc3)cc2)cc1.CC(C)C/C=C/CCC(CC(C#N)C(C)C)c1ccc(Oc2ccc(/C=C/c3ccccc3)cc2)cc1.CC(C)C/C=C/CCC(CC(C#N)C(C)C)c1ccc(Oc2ccc(C3C(c4ccccc4)C(c4ccc(Oc5ccc(C(CC/C=C/CC(C)C)CC(C#N)C(C)C)cc5)cc4)C3c3ccccc3)cc2)cc1. The molecule has 1 aliphatic carbocycles. The molecule has 1 aliphatic rings. The largest absolute Gasteiger partial charge is 0.457 e. The Bertz CT molecular complexity index is 5780. The van der Waals surface area contributed by atoms with Crippen molar-refractivity contribution < 1.29 is 18.9 Å². The molecule has 8 atom stereocenters. The van der Waals surface area contributed by atoms with Crippen LogP contribution in [0.1, 0.15) is 328 Å². The van der Waals surface area contributed by atoms with Crippen LogP contribution in [0.25, 0.3) is 24.3 Å². The fourth-order valence-electron chi connectivity index (χ4n) is 19.8. The summed E-state index contributed by atoms with van der Waals surface area (Å²) in [5, 5.41) is 39.4. The molecule has 0 heterocycles. The maximum absolute atomic E-state index is 9.99. The molecule has 0 bridgehead atoms. The predicted octanol–water partition coefficient (Wildman–Crippen LogP) is 40.6. The Kier molecular flexibility index (Phi) is 47.8. The molecular formula is C140H164N4O4. The second-order valence-electron chi connectivity index (χ2n) is 43.7. The van der Waals surface area contributed by atoms with Crippen LogP contribution in [0.5, 0.6) is 46.0 Å². The van der Waals surface area contributed by atoms with Crippen LogP contribution in [-0.4, -0.2) is 0 Å². The van der Waals surface area contributed by atoms with Gasteiger partial charge in [0.2, 0.25) is 0 Å². The highest BCUT2D eigenvalue weighted by atomic mass is 16.5. The molecule has 0 amide bonds. The Balaban J connectivity index is 0.000000235. The molecule has 1 saturated carbocycles. The molecular weight excluding hydrogens is 1800 g/mol. The first kappa shape index (κ1) is 115. The highest BCUT2D eigenvalue weighted by Gasteiger charge is 2.53. The van der Waals surface area contributed by atoms with Gasteiger partial charge in [0.05, 0.1) is 24.3 Å². The van der Waals surface area contributed by atoms with E-state index >= 15 is 0 Å². The molecule has 0 aromatic heterocycles. The van der Waals surface area contributed by atoms with Crippen LogP contribution in [0.4, 0.5) is 0 Å². The number of allylic oxidation sites excluding steroid dienone is 8. The number of hydrogen-bond donors (Lipinski definition) is 0. The summed E-state index contributed by atoms with van der Waals surface area (Å²) >= 11 is 0. The van der Waals surface area contributed by atoms with Crippen molar-refractivity contribution in [2.45, 2.75) is 261 Å². The van der Waals surface area contributed by atoms with Gasteiger partial charge in [-0.1, -0.05) is 402 Å². The summed E-state index contributed by atoms with van der Waals surface area (Å²) in [7, 11) is 0. The van der Waals surface area contributed by atoms with Gasteiger partial charge in [-0.25, -0.2) is 0 Å². The number of rotatable bonds is 52. The van der Waals surface area contributed by atoms with E-state index in [0.29, 0.717) is 71.0 Å². The lowest BCUT2D eigenvalue weighted by Crippen LogP contribution is -2.40. The average molecular weight is 1970 g/mol. The molecule has 0 saturated heterocycles. The van der Waals surface area contributed by atoms with Gasteiger partial charge in [-0.2, -0.15) is 21.0 Å². The topological polar surface area (TPSA) is 132 Å². The van der Waals surface area contributed by atoms with Gasteiger partial charge in [0.1, 0.15) is 46.0 Å². The number of hydrogen-bond acceptors (Lipinski definition) is 8. The zero-order valence-electron chi connectivity index (χ0n) is 91.2. The zero-order chi connectivity index (χ0) is 105. The van der Waals surface area contributed by atoms with Gasteiger partial charge in [0.25, 0.3) is 0 Å². The molecule has 768 valence electrons. The first-order chi connectivity index (χ1) is 71.8. The van der Waals surface area contributed by atoms with E-state index in [2.05, 4.69) is 463 Å². The van der Waals surface area contributed by atoms with Crippen molar-refractivity contribution >= 4 is 24.3 Å². The fraction of sp³-hybridized carbons (Fsp3) is 0.371. The lowest BCUT2D eigenvalue weighted by atomic mass is 9.49. The summed E-state index contributed by atoms with van der Waals surface area (Å²) in [5.74, 6) is 13.1. The average Bonchev–Trinajstić information content (AvgIpc) is 0.713. The summed E-state index contributed by atoms with van der Waals surface area (Å²) in [6.07, 6.45) is 43.1. The Morgan fingerprint density at radius 2 is 0.385 bits per heavy atom. The third-order valence-corrected chi connectivity index (χ3v) is 29.0. The number of nitriles is 4. The smallest absolute Gasteiger partial charge is 0.127 e. The van der Waals surface area contributed by atoms with E-state index in [-0.39, 0.29) is 47.3 Å². The summed E-state index contributed by atoms with van der Waals surface area (Å²) in [4.78, 5) is 0. The van der Waals surface area contributed by atoms with Gasteiger partial charge in [0, 0.05) is 23.7 Å².